The fraction of sp³-hybridized carbons (Fsp3) is 0.263. The van der Waals surface area contributed by atoms with Crippen LogP contribution < -0.4 is 5.32 Å². The Hall–Kier alpha value is -1.86. The molecule has 2 aromatic carbocycles. The maximum absolute atomic E-state index is 3.90. The van der Waals surface area contributed by atoms with E-state index in [9.17, 15) is 0 Å². The van der Waals surface area contributed by atoms with Gasteiger partial charge in [-0.3, -0.25) is 0 Å². The molecule has 1 heteroatoms. The summed E-state index contributed by atoms with van der Waals surface area (Å²) in [5, 5.41) is 3.68. The monoisotopic (exact) mass is 265 g/mol. The normalized spacial score (nSPS) is 13.7. The van der Waals surface area contributed by atoms with Crippen LogP contribution in [-0.2, 0) is 12.1 Å². The van der Waals surface area contributed by atoms with Crippen molar-refractivity contribution >= 4 is 0 Å². The van der Waals surface area contributed by atoms with Crippen LogP contribution in [0.5, 0.6) is 0 Å². The van der Waals surface area contributed by atoms with Gasteiger partial charge < -0.3 is 5.32 Å². The highest BCUT2D eigenvalue weighted by Gasteiger charge is 2.24. The molecule has 0 aliphatic rings. The van der Waals surface area contributed by atoms with Crippen molar-refractivity contribution in [2.24, 2.45) is 0 Å². The van der Waals surface area contributed by atoms with Gasteiger partial charge in [0, 0.05) is 12.1 Å². The molecule has 0 unspecified atom stereocenters. The first-order chi connectivity index (χ1) is 9.64. The minimum Gasteiger partial charge on any atom is -0.303 e. The molecule has 0 aromatic heterocycles. The zero-order chi connectivity index (χ0) is 14.4. The smallest absolute Gasteiger partial charge is 0.0443 e. The van der Waals surface area contributed by atoms with E-state index >= 15 is 0 Å². The van der Waals surface area contributed by atoms with Crippen LogP contribution in [0.1, 0.15) is 30.0 Å². The number of nitrogens with one attached hydrogen (secondary N) is 1. The van der Waals surface area contributed by atoms with E-state index in [4.69, 9.17) is 0 Å². The van der Waals surface area contributed by atoms with Crippen molar-refractivity contribution in [3.05, 3.63) is 83.9 Å². The highest BCUT2D eigenvalue weighted by atomic mass is 15.0. The molecule has 0 fully saturated rings. The molecule has 2 rings (SSSR count). The minimum atomic E-state index is -0.0781. The van der Waals surface area contributed by atoms with Crippen molar-refractivity contribution in [2.45, 2.75) is 32.4 Å². The van der Waals surface area contributed by atoms with E-state index in [1.165, 1.54) is 16.7 Å². The van der Waals surface area contributed by atoms with Crippen molar-refractivity contribution in [3.8, 4) is 0 Å². The third-order valence-corrected chi connectivity index (χ3v) is 3.77. The number of aryl methyl sites for hydroxylation is 1. The van der Waals surface area contributed by atoms with Gasteiger partial charge in [-0.1, -0.05) is 66.2 Å². The van der Waals surface area contributed by atoms with Gasteiger partial charge >= 0.3 is 0 Å². The first-order valence-corrected chi connectivity index (χ1v) is 7.11. The first kappa shape index (κ1) is 14.5. The van der Waals surface area contributed by atoms with Crippen LogP contribution in [-0.4, -0.2) is 0 Å². The Morgan fingerprint density at radius 2 is 1.70 bits per heavy atom. The lowest BCUT2D eigenvalue weighted by Crippen LogP contribution is -2.38. The van der Waals surface area contributed by atoms with Gasteiger partial charge in [0.15, 0.2) is 0 Å². The fourth-order valence-electron chi connectivity index (χ4n) is 2.40. The first-order valence-electron chi connectivity index (χ1n) is 7.11. The standard InChI is InChI=1S/C19H23N/c1-4-14-19(3,18-12-10-16(2)11-13-18)20-15-17-8-6-5-7-9-17/h4-13,20H,1,14-15H2,2-3H3/t19-/m1/s1. The Bertz CT molecular complexity index is 542. The average Bonchev–Trinajstić information content (AvgIpc) is 2.47. The lowest BCUT2D eigenvalue weighted by molar-refractivity contribution is 0.367. The molecule has 1 atom stereocenters. The lowest BCUT2D eigenvalue weighted by atomic mass is 9.88. The Labute approximate surface area is 122 Å². The van der Waals surface area contributed by atoms with E-state index < -0.39 is 0 Å². The maximum Gasteiger partial charge on any atom is 0.0443 e. The molecule has 0 heterocycles. The quantitative estimate of drug-likeness (QED) is 0.754. The molecule has 0 bridgehead atoms. The average molecular weight is 265 g/mol. The van der Waals surface area contributed by atoms with Crippen molar-refractivity contribution in [3.63, 3.8) is 0 Å². The Morgan fingerprint density at radius 3 is 2.30 bits per heavy atom. The van der Waals surface area contributed by atoms with Gasteiger partial charge in [0.05, 0.1) is 0 Å². The molecule has 1 N–H and O–H groups in total. The van der Waals surface area contributed by atoms with E-state index in [1.807, 2.05) is 12.1 Å². The van der Waals surface area contributed by atoms with Gasteiger partial charge in [0.25, 0.3) is 0 Å². The van der Waals surface area contributed by atoms with Crippen molar-refractivity contribution in [1.82, 2.24) is 5.32 Å². The minimum absolute atomic E-state index is 0.0781. The molecule has 0 amide bonds. The van der Waals surface area contributed by atoms with Gasteiger partial charge in [0.2, 0.25) is 0 Å². The van der Waals surface area contributed by atoms with Crippen LogP contribution in [0.15, 0.2) is 67.3 Å². The summed E-state index contributed by atoms with van der Waals surface area (Å²) >= 11 is 0. The molecule has 0 aliphatic carbocycles. The fourth-order valence-corrected chi connectivity index (χ4v) is 2.40. The summed E-state index contributed by atoms with van der Waals surface area (Å²) in [7, 11) is 0. The third kappa shape index (κ3) is 3.58. The summed E-state index contributed by atoms with van der Waals surface area (Å²) in [5.41, 5.74) is 3.82. The summed E-state index contributed by atoms with van der Waals surface area (Å²) in [6.07, 6.45) is 2.89. The van der Waals surface area contributed by atoms with Crippen LogP contribution in [0.3, 0.4) is 0 Å². The van der Waals surface area contributed by atoms with Gasteiger partial charge in [-0.15, -0.1) is 6.58 Å². The predicted molar refractivity (Wildman–Crippen MR) is 86.6 cm³/mol. The van der Waals surface area contributed by atoms with Crippen molar-refractivity contribution < 1.29 is 0 Å². The van der Waals surface area contributed by atoms with Crippen LogP contribution in [0.25, 0.3) is 0 Å². The van der Waals surface area contributed by atoms with Gasteiger partial charge in [0.1, 0.15) is 0 Å². The van der Waals surface area contributed by atoms with E-state index in [0.29, 0.717) is 0 Å². The number of hydrogen-bond donors (Lipinski definition) is 1. The summed E-state index contributed by atoms with van der Waals surface area (Å²) in [6, 6.07) is 19.2. The number of rotatable bonds is 6. The van der Waals surface area contributed by atoms with Crippen LogP contribution >= 0.6 is 0 Å². The summed E-state index contributed by atoms with van der Waals surface area (Å²) in [6.45, 7) is 9.12. The molecule has 0 radical (unpaired) electrons. The summed E-state index contributed by atoms with van der Waals surface area (Å²) < 4.78 is 0. The zero-order valence-corrected chi connectivity index (χ0v) is 12.4. The second-order valence-electron chi connectivity index (χ2n) is 5.53. The highest BCUT2D eigenvalue weighted by Crippen LogP contribution is 2.26. The van der Waals surface area contributed by atoms with E-state index in [2.05, 4.69) is 74.3 Å². The summed E-state index contributed by atoms with van der Waals surface area (Å²) in [5.74, 6) is 0. The summed E-state index contributed by atoms with van der Waals surface area (Å²) in [4.78, 5) is 0. The Balaban J connectivity index is 2.16. The van der Waals surface area contributed by atoms with Crippen LogP contribution in [0.4, 0.5) is 0 Å². The zero-order valence-electron chi connectivity index (χ0n) is 12.4. The van der Waals surface area contributed by atoms with E-state index in [1.54, 1.807) is 0 Å². The van der Waals surface area contributed by atoms with E-state index in [0.717, 1.165) is 13.0 Å². The highest BCUT2D eigenvalue weighted by molar-refractivity contribution is 5.28. The largest absolute Gasteiger partial charge is 0.303 e. The molecule has 20 heavy (non-hydrogen) atoms. The van der Waals surface area contributed by atoms with Crippen molar-refractivity contribution in [1.29, 1.82) is 0 Å². The molecule has 2 aromatic rings. The number of hydrogen-bond acceptors (Lipinski definition) is 1. The molecule has 0 spiro atoms. The molecule has 0 saturated carbocycles. The molecular formula is C19H23N. The van der Waals surface area contributed by atoms with Gasteiger partial charge in [-0.25, -0.2) is 0 Å². The molecule has 0 aliphatic heterocycles. The van der Waals surface area contributed by atoms with Crippen LogP contribution in [0, 0.1) is 6.92 Å². The second kappa shape index (κ2) is 6.53. The topological polar surface area (TPSA) is 12.0 Å². The Morgan fingerprint density at radius 1 is 1.05 bits per heavy atom. The molecular weight excluding hydrogens is 242 g/mol. The van der Waals surface area contributed by atoms with Gasteiger partial charge in [-0.2, -0.15) is 0 Å². The molecule has 104 valence electrons. The Kier molecular flexibility index (Phi) is 4.75. The second-order valence-corrected chi connectivity index (χ2v) is 5.53. The van der Waals surface area contributed by atoms with Gasteiger partial charge in [-0.05, 0) is 31.4 Å². The predicted octanol–water partition coefficient (Wildman–Crippen LogP) is 4.58. The van der Waals surface area contributed by atoms with Crippen LogP contribution in [0.2, 0.25) is 0 Å². The lowest BCUT2D eigenvalue weighted by Gasteiger charge is -2.31. The van der Waals surface area contributed by atoms with Crippen molar-refractivity contribution in [2.75, 3.05) is 0 Å². The maximum atomic E-state index is 3.90. The van der Waals surface area contributed by atoms with E-state index in [-0.39, 0.29) is 5.54 Å². The number of benzene rings is 2. The molecule has 0 saturated heterocycles. The SMILES string of the molecule is C=CC[C@@](C)(NCc1ccccc1)c1ccc(C)cc1. The third-order valence-electron chi connectivity index (χ3n) is 3.77. The molecule has 1 nitrogen and oxygen atoms in total.